The van der Waals surface area contributed by atoms with Crippen LogP contribution in [0.4, 0.5) is 5.69 Å². The fourth-order valence-electron chi connectivity index (χ4n) is 2.54. The highest BCUT2D eigenvalue weighted by molar-refractivity contribution is 6.40. The Bertz CT molecular complexity index is 1160. The summed E-state index contributed by atoms with van der Waals surface area (Å²) in [4.78, 5) is 24.0. The van der Waals surface area contributed by atoms with Crippen LogP contribution in [0.3, 0.4) is 0 Å². The number of rotatable bonds is 6. The molecule has 0 spiro atoms. The minimum absolute atomic E-state index is 0.107. The van der Waals surface area contributed by atoms with E-state index in [2.05, 4.69) is 15.8 Å². The zero-order valence-electron chi connectivity index (χ0n) is 16.2. The van der Waals surface area contributed by atoms with Gasteiger partial charge in [0.05, 0.1) is 6.21 Å². The summed E-state index contributed by atoms with van der Waals surface area (Å²) in [5.74, 6) is -1.44. The molecule has 0 unspecified atom stereocenters. The quantitative estimate of drug-likeness (QED) is 0.243. The van der Waals surface area contributed by atoms with Gasteiger partial charge in [0.1, 0.15) is 12.4 Å². The first-order valence-electron chi connectivity index (χ1n) is 9.08. The Labute approximate surface area is 204 Å². The predicted molar refractivity (Wildman–Crippen MR) is 128 cm³/mol. The number of ether oxygens (including phenoxy) is 1. The van der Waals surface area contributed by atoms with E-state index in [9.17, 15) is 9.59 Å². The van der Waals surface area contributed by atoms with Gasteiger partial charge in [0, 0.05) is 36.9 Å². The molecule has 0 atom stereocenters. The summed E-state index contributed by atoms with van der Waals surface area (Å²) < 4.78 is 5.81. The molecule has 32 heavy (non-hydrogen) atoms. The van der Waals surface area contributed by atoms with Crippen LogP contribution in [0.5, 0.6) is 5.75 Å². The first kappa shape index (κ1) is 23.9. The van der Waals surface area contributed by atoms with E-state index in [1.807, 2.05) is 0 Å². The van der Waals surface area contributed by atoms with Crippen LogP contribution in [-0.4, -0.2) is 18.0 Å². The van der Waals surface area contributed by atoms with E-state index in [1.165, 1.54) is 12.3 Å². The molecule has 10 heteroatoms. The van der Waals surface area contributed by atoms with Crippen molar-refractivity contribution in [3.8, 4) is 5.75 Å². The van der Waals surface area contributed by atoms with E-state index in [0.717, 1.165) is 0 Å². The fraction of sp³-hybridized carbons (Fsp3) is 0.0455. The van der Waals surface area contributed by atoms with E-state index in [0.29, 0.717) is 42.7 Å². The zero-order valence-corrected chi connectivity index (χ0v) is 19.3. The second-order valence-corrected chi connectivity index (χ2v) is 8.02. The lowest BCUT2D eigenvalue weighted by Crippen LogP contribution is -2.32. The summed E-state index contributed by atoms with van der Waals surface area (Å²) in [5.41, 5.74) is 3.62. The van der Waals surface area contributed by atoms with Crippen LogP contribution in [0, 0.1) is 0 Å². The molecule has 0 heterocycles. The Morgan fingerprint density at radius 2 is 1.56 bits per heavy atom. The van der Waals surface area contributed by atoms with Gasteiger partial charge in [-0.2, -0.15) is 5.10 Å². The summed E-state index contributed by atoms with van der Waals surface area (Å²) in [6, 6.07) is 16.4. The van der Waals surface area contributed by atoms with Crippen LogP contribution in [0.15, 0.2) is 65.8 Å². The molecule has 0 aliphatic rings. The summed E-state index contributed by atoms with van der Waals surface area (Å²) in [6.45, 7) is 0.107. The molecule has 0 radical (unpaired) electrons. The number of nitrogens with zero attached hydrogens (tertiary/aromatic N) is 1. The molecule has 0 aromatic heterocycles. The van der Waals surface area contributed by atoms with Crippen molar-refractivity contribution in [1.29, 1.82) is 0 Å². The molecule has 0 aliphatic carbocycles. The van der Waals surface area contributed by atoms with Crippen LogP contribution in [0.25, 0.3) is 0 Å². The van der Waals surface area contributed by atoms with E-state index in [4.69, 9.17) is 51.1 Å². The van der Waals surface area contributed by atoms with Crippen molar-refractivity contribution < 1.29 is 14.3 Å². The standard InChI is InChI=1S/C22H15Cl4N3O3/c23-14-3-1-4-16(10-14)28-21(30)22(31)29-27-11-13-9-15(24)7-8-20(13)32-12-17-18(25)5-2-6-19(17)26/h1-11H,12H2,(H,28,30)(H,29,31)/b27-11-. The molecular formula is C22H15Cl4N3O3. The minimum atomic E-state index is -0.964. The topological polar surface area (TPSA) is 79.8 Å². The number of benzene rings is 3. The second kappa shape index (κ2) is 11.2. The maximum absolute atomic E-state index is 12.0. The van der Waals surface area contributed by atoms with Gasteiger partial charge < -0.3 is 10.1 Å². The normalized spacial score (nSPS) is 10.8. The molecule has 0 fully saturated rings. The Morgan fingerprint density at radius 1 is 0.875 bits per heavy atom. The van der Waals surface area contributed by atoms with Crippen molar-refractivity contribution in [2.45, 2.75) is 6.61 Å². The number of carbonyl (C=O) groups is 2. The fourth-order valence-corrected chi connectivity index (χ4v) is 3.41. The van der Waals surface area contributed by atoms with Gasteiger partial charge in [0.15, 0.2) is 0 Å². The highest BCUT2D eigenvalue weighted by Crippen LogP contribution is 2.27. The van der Waals surface area contributed by atoms with Crippen LogP contribution in [0.1, 0.15) is 11.1 Å². The molecule has 2 N–H and O–H groups in total. The third-order valence-electron chi connectivity index (χ3n) is 4.06. The van der Waals surface area contributed by atoms with Crippen LogP contribution in [0.2, 0.25) is 20.1 Å². The van der Waals surface area contributed by atoms with Gasteiger partial charge in [0.25, 0.3) is 0 Å². The second-order valence-electron chi connectivity index (χ2n) is 6.33. The molecule has 6 nitrogen and oxygen atoms in total. The van der Waals surface area contributed by atoms with Gasteiger partial charge in [-0.3, -0.25) is 9.59 Å². The maximum atomic E-state index is 12.0. The highest BCUT2D eigenvalue weighted by atomic mass is 35.5. The number of amides is 2. The number of hydrazone groups is 1. The molecule has 0 aliphatic heterocycles. The SMILES string of the molecule is O=C(N/N=C\c1cc(Cl)ccc1OCc1c(Cl)cccc1Cl)C(=O)Nc1cccc(Cl)c1. The van der Waals surface area contributed by atoms with Crippen molar-refractivity contribution in [3.05, 3.63) is 91.9 Å². The third-order valence-corrected chi connectivity index (χ3v) is 5.24. The van der Waals surface area contributed by atoms with Gasteiger partial charge in [-0.1, -0.05) is 58.5 Å². The van der Waals surface area contributed by atoms with Crippen LogP contribution >= 0.6 is 46.4 Å². The number of anilines is 1. The van der Waals surface area contributed by atoms with Crippen molar-refractivity contribution in [3.63, 3.8) is 0 Å². The molecule has 3 aromatic carbocycles. The number of hydrogen-bond acceptors (Lipinski definition) is 4. The number of hydrogen-bond donors (Lipinski definition) is 2. The van der Waals surface area contributed by atoms with Gasteiger partial charge in [-0.15, -0.1) is 0 Å². The van der Waals surface area contributed by atoms with Gasteiger partial charge in [-0.25, -0.2) is 5.43 Å². The summed E-state index contributed by atoms with van der Waals surface area (Å²) in [5, 5.41) is 8.03. The molecule has 3 aromatic rings. The van der Waals surface area contributed by atoms with Gasteiger partial charge in [-0.05, 0) is 48.5 Å². The lowest BCUT2D eigenvalue weighted by molar-refractivity contribution is -0.136. The minimum Gasteiger partial charge on any atom is -0.488 e. The predicted octanol–water partition coefficient (Wildman–Crippen LogP) is 5.97. The molecule has 0 saturated carbocycles. The maximum Gasteiger partial charge on any atom is 0.329 e. The van der Waals surface area contributed by atoms with E-state index in [1.54, 1.807) is 54.6 Å². The Hall–Kier alpha value is -2.77. The van der Waals surface area contributed by atoms with Gasteiger partial charge >= 0.3 is 11.8 Å². The van der Waals surface area contributed by atoms with Crippen molar-refractivity contribution in [1.82, 2.24) is 5.43 Å². The number of carbonyl (C=O) groups excluding carboxylic acids is 2. The summed E-state index contributed by atoms with van der Waals surface area (Å²) in [7, 11) is 0. The van der Waals surface area contributed by atoms with E-state index < -0.39 is 11.8 Å². The first-order chi connectivity index (χ1) is 15.3. The van der Waals surface area contributed by atoms with Crippen molar-refractivity contribution >= 4 is 70.1 Å². The monoisotopic (exact) mass is 509 g/mol. The van der Waals surface area contributed by atoms with Crippen LogP contribution < -0.4 is 15.5 Å². The third kappa shape index (κ3) is 6.61. The summed E-state index contributed by atoms with van der Waals surface area (Å²) in [6.07, 6.45) is 1.31. The lowest BCUT2D eigenvalue weighted by atomic mass is 10.2. The molecular weight excluding hydrogens is 496 g/mol. The zero-order chi connectivity index (χ0) is 23.1. The molecule has 0 saturated heterocycles. The smallest absolute Gasteiger partial charge is 0.329 e. The van der Waals surface area contributed by atoms with Crippen molar-refractivity contribution in [2.24, 2.45) is 5.10 Å². The molecule has 0 bridgehead atoms. The van der Waals surface area contributed by atoms with E-state index >= 15 is 0 Å². The number of nitrogens with one attached hydrogen (secondary N) is 2. The number of halogens is 4. The molecule has 164 valence electrons. The van der Waals surface area contributed by atoms with Gasteiger partial charge in [0.2, 0.25) is 0 Å². The van der Waals surface area contributed by atoms with E-state index in [-0.39, 0.29) is 6.61 Å². The average Bonchev–Trinajstić information content (AvgIpc) is 2.74. The average molecular weight is 511 g/mol. The Morgan fingerprint density at radius 3 is 2.28 bits per heavy atom. The van der Waals surface area contributed by atoms with Crippen LogP contribution in [-0.2, 0) is 16.2 Å². The lowest BCUT2D eigenvalue weighted by Gasteiger charge is -2.12. The Balaban J connectivity index is 1.65. The summed E-state index contributed by atoms with van der Waals surface area (Å²) >= 11 is 24.3. The highest BCUT2D eigenvalue weighted by Gasteiger charge is 2.13. The largest absolute Gasteiger partial charge is 0.488 e. The Kier molecular flexibility index (Phi) is 8.36. The molecule has 2 amide bonds. The van der Waals surface area contributed by atoms with Crippen molar-refractivity contribution in [2.75, 3.05) is 5.32 Å². The molecule has 3 rings (SSSR count). The first-order valence-corrected chi connectivity index (χ1v) is 10.6.